The van der Waals surface area contributed by atoms with Crippen molar-refractivity contribution >= 4 is 11.9 Å². The maximum Gasteiger partial charge on any atom is 0.354 e. The minimum atomic E-state index is -1.19. The molecule has 0 radical (unpaired) electrons. The molecule has 5 nitrogen and oxygen atoms in total. The quantitative estimate of drug-likeness (QED) is 0.885. The summed E-state index contributed by atoms with van der Waals surface area (Å²) in [6.45, 7) is 0.699. The van der Waals surface area contributed by atoms with Crippen molar-refractivity contribution in [3.63, 3.8) is 0 Å². The van der Waals surface area contributed by atoms with Crippen molar-refractivity contribution in [2.24, 2.45) is 5.92 Å². The third-order valence-electron chi connectivity index (χ3n) is 4.01. The molecule has 1 heterocycles. The molecule has 2 aromatic rings. The lowest BCUT2D eigenvalue weighted by molar-refractivity contribution is 0.0690. The summed E-state index contributed by atoms with van der Waals surface area (Å²) in [7, 11) is 0. The lowest BCUT2D eigenvalue weighted by atomic mass is 10.1. The molecule has 0 unspecified atom stereocenters. The van der Waals surface area contributed by atoms with Crippen molar-refractivity contribution in [2.75, 3.05) is 6.54 Å². The average Bonchev–Trinajstić information content (AvgIpc) is 3.39. The average molecular weight is 328 g/mol. The van der Waals surface area contributed by atoms with Crippen LogP contribution in [0.15, 0.2) is 42.6 Å². The van der Waals surface area contributed by atoms with E-state index in [2.05, 4.69) is 4.98 Å². The van der Waals surface area contributed by atoms with Gasteiger partial charge in [0.15, 0.2) is 0 Å². The van der Waals surface area contributed by atoms with Gasteiger partial charge in [0.1, 0.15) is 11.5 Å². The van der Waals surface area contributed by atoms with E-state index in [1.54, 1.807) is 23.1 Å². The summed E-state index contributed by atoms with van der Waals surface area (Å²) >= 11 is 0. The number of benzene rings is 1. The largest absolute Gasteiger partial charge is 0.477 e. The van der Waals surface area contributed by atoms with Crippen molar-refractivity contribution in [2.45, 2.75) is 19.4 Å². The number of amides is 1. The molecule has 1 aromatic heterocycles. The van der Waals surface area contributed by atoms with Crippen molar-refractivity contribution in [3.05, 3.63) is 65.2 Å². The van der Waals surface area contributed by atoms with Crippen LogP contribution in [0.1, 0.15) is 39.3 Å². The van der Waals surface area contributed by atoms with Crippen LogP contribution in [0.25, 0.3) is 0 Å². The highest BCUT2D eigenvalue weighted by Crippen LogP contribution is 2.31. The van der Waals surface area contributed by atoms with E-state index < -0.39 is 5.97 Å². The molecule has 0 bridgehead atoms. The second-order valence-corrected chi connectivity index (χ2v) is 5.96. The van der Waals surface area contributed by atoms with Crippen LogP contribution in [0.2, 0.25) is 0 Å². The number of hydrogen-bond donors (Lipinski definition) is 1. The van der Waals surface area contributed by atoms with Gasteiger partial charge in [-0.1, -0.05) is 18.2 Å². The molecular weight excluding hydrogens is 311 g/mol. The molecule has 1 aliphatic carbocycles. The Labute approximate surface area is 138 Å². The van der Waals surface area contributed by atoms with Crippen molar-refractivity contribution in [1.29, 1.82) is 0 Å². The second kappa shape index (κ2) is 6.78. The second-order valence-electron chi connectivity index (χ2n) is 5.96. The molecule has 124 valence electrons. The smallest absolute Gasteiger partial charge is 0.354 e. The van der Waals surface area contributed by atoms with Gasteiger partial charge in [0.25, 0.3) is 5.91 Å². The summed E-state index contributed by atoms with van der Waals surface area (Å²) in [5.41, 5.74) is 0.511. The lowest BCUT2D eigenvalue weighted by Crippen LogP contribution is -2.33. The summed E-state index contributed by atoms with van der Waals surface area (Å²) in [6.07, 6.45) is 3.41. The number of carboxylic acid groups (broad SMARTS) is 1. The van der Waals surface area contributed by atoms with Gasteiger partial charge in [-0.15, -0.1) is 0 Å². The lowest BCUT2D eigenvalue weighted by Gasteiger charge is -2.23. The van der Waals surface area contributed by atoms with Crippen LogP contribution in [0.5, 0.6) is 0 Å². The number of pyridine rings is 1. The third-order valence-corrected chi connectivity index (χ3v) is 4.01. The minimum Gasteiger partial charge on any atom is -0.477 e. The minimum absolute atomic E-state index is 0.159. The maximum atomic E-state index is 13.9. The fraction of sp³-hybridized carbons (Fsp3) is 0.278. The molecule has 1 fully saturated rings. The normalized spacial score (nSPS) is 13.5. The summed E-state index contributed by atoms with van der Waals surface area (Å²) in [5, 5.41) is 9.02. The molecule has 0 atom stereocenters. The molecule has 1 aromatic carbocycles. The number of rotatable bonds is 6. The van der Waals surface area contributed by atoms with E-state index in [0.29, 0.717) is 18.0 Å². The molecule has 24 heavy (non-hydrogen) atoms. The Hall–Kier alpha value is -2.76. The Morgan fingerprint density at radius 2 is 2.00 bits per heavy atom. The van der Waals surface area contributed by atoms with Crippen LogP contribution in [-0.2, 0) is 6.54 Å². The molecule has 1 aliphatic rings. The van der Waals surface area contributed by atoms with E-state index in [1.807, 2.05) is 0 Å². The number of hydrogen-bond acceptors (Lipinski definition) is 3. The number of halogens is 1. The van der Waals surface area contributed by atoms with Gasteiger partial charge < -0.3 is 10.0 Å². The Balaban J connectivity index is 1.85. The topological polar surface area (TPSA) is 70.5 Å². The molecule has 1 N–H and O–H groups in total. The van der Waals surface area contributed by atoms with Crippen LogP contribution in [0, 0.1) is 11.7 Å². The number of carbonyl (C=O) groups is 2. The Morgan fingerprint density at radius 3 is 2.67 bits per heavy atom. The van der Waals surface area contributed by atoms with Crippen LogP contribution < -0.4 is 0 Å². The molecule has 0 saturated heterocycles. The summed E-state index contributed by atoms with van der Waals surface area (Å²) in [5.74, 6) is -1.42. The summed E-state index contributed by atoms with van der Waals surface area (Å²) in [6, 6.07) is 9.09. The first-order valence-corrected chi connectivity index (χ1v) is 7.76. The first kappa shape index (κ1) is 16.1. The zero-order valence-electron chi connectivity index (χ0n) is 13.0. The van der Waals surface area contributed by atoms with E-state index in [4.69, 9.17) is 5.11 Å². The van der Waals surface area contributed by atoms with Crippen LogP contribution in [-0.4, -0.2) is 33.4 Å². The Kier molecular flexibility index (Phi) is 4.55. The number of nitrogens with zero attached hydrogens (tertiary/aromatic N) is 2. The van der Waals surface area contributed by atoms with Gasteiger partial charge in [-0.25, -0.2) is 14.2 Å². The fourth-order valence-corrected chi connectivity index (χ4v) is 2.53. The predicted molar refractivity (Wildman–Crippen MR) is 85.1 cm³/mol. The van der Waals surface area contributed by atoms with E-state index in [0.717, 1.165) is 12.8 Å². The zero-order valence-corrected chi connectivity index (χ0v) is 13.0. The fourth-order valence-electron chi connectivity index (χ4n) is 2.53. The van der Waals surface area contributed by atoms with Crippen molar-refractivity contribution in [1.82, 2.24) is 9.88 Å². The van der Waals surface area contributed by atoms with Crippen molar-refractivity contribution < 1.29 is 19.1 Å². The van der Waals surface area contributed by atoms with E-state index in [-0.39, 0.29) is 29.5 Å². The summed E-state index contributed by atoms with van der Waals surface area (Å²) in [4.78, 5) is 29.1. The number of aromatic carboxylic acids is 1. The van der Waals surface area contributed by atoms with Gasteiger partial charge in [0.05, 0.1) is 0 Å². The zero-order chi connectivity index (χ0) is 17.1. The highest BCUT2D eigenvalue weighted by molar-refractivity contribution is 5.96. The Morgan fingerprint density at radius 1 is 1.25 bits per heavy atom. The highest BCUT2D eigenvalue weighted by Gasteiger charge is 2.28. The molecular formula is C18H17FN2O3. The molecule has 3 rings (SSSR count). The summed E-state index contributed by atoms with van der Waals surface area (Å²) < 4.78 is 13.9. The first-order chi connectivity index (χ1) is 11.5. The van der Waals surface area contributed by atoms with E-state index in [9.17, 15) is 14.0 Å². The molecule has 0 spiro atoms. The Bertz CT molecular complexity index is 774. The van der Waals surface area contributed by atoms with Gasteiger partial charge in [-0.2, -0.15) is 0 Å². The molecule has 6 heteroatoms. The monoisotopic (exact) mass is 328 g/mol. The highest BCUT2D eigenvalue weighted by atomic mass is 19.1. The van der Waals surface area contributed by atoms with E-state index >= 15 is 0 Å². The van der Waals surface area contributed by atoms with E-state index in [1.165, 1.54) is 24.4 Å². The maximum absolute atomic E-state index is 13.9. The number of carboxylic acids is 1. The van der Waals surface area contributed by atoms with Gasteiger partial charge in [0, 0.05) is 30.4 Å². The van der Waals surface area contributed by atoms with Gasteiger partial charge >= 0.3 is 5.97 Å². The SMILES string of the molecule is O=C(O)c1cc(C(=O)N(Cc2ccccc2F)CC2CC2)ccn1. The number of aromatic nitrogens is 1. The van der Waals surface area contributed by atoms with Gasteiger partial charge in [-0.05, 0) is 37.0 Å². The van der Waals surface area contributed by atoms with Crippen molar-refractivity contribution in [3.8, 4) is 0 Å². The third kappa shape index (κ3) is 3.76. The van der Waals surface area contributed by atoms with Gasteiger partial charge in [-0.3, -0.25) is 4.79 Å². The molecule has 1 amide bonds. The molecule has 0 aliphatic heterocycles. The number of carbonyl (C=O) groups excluding carboxylic acids is 1. The molecule has 1 saturated carbocycles. The first-order valence-electron chi connectivity index (χ1n) is 7.76. The standard InChI is InChI=1S/C18H17FN2O3/c19-15-4-2-1-3-14(15)11-21(10-12-5-6-12)17(22)13-7-8-20-16(9-13)18(23)24/h1-4,7-9,12H,5-6,10-11H2,(H,23,24). The predicted octanol–water partition coefficient (Wildman–Crippen LogP) is 2.97. The van der Waals surface area contributed by atoms with Crippen LogP contribution in [0.3, 0.4) is 0 Å². The van der Waals surface area contributed by atoms with Crippen LogP contribution >= 0.6 is 0 Å². The van der Waals surface area contributed by atoms with Gasteiger partial charge in [0.2, 0.25) is 0 Å². The van der Waals surface area contributed by atoms with Crippen LogP contribution in [0.4, 0.5) is 4.39 Å².